The van der Waals surface area contributed by atoms with Crippen LogP contribution in [0.1, 0.15) is 31.1 Å². The zero-order valence-electron chi connectivity index (χ0n) is 18.9. The summed E-state index contributed by atoms with van der Waals surface area (Å²) in [5, 5.41) is 8.41. The number of methoxy groups -OCH3 is 1. The molecule has 0 atom stereocenters. The number of anilines is 3. The van der Waals surface area contributed by atoms with Crippen LogP contribution in [-0.2, 0) is 0 Å². The first-order chi connectivity index (χ1) is 17.0. The van der Waals surface area contributed by atoms with Crippen molar-refractivity contribution in [2.45, 2.75) is 0 Å². The van der Waals surface area contributed by atoms with E-state index in [2.05, 4.69) is 16.0 Å². The fourth-order valence-electron chi connectivity index (χ4n) is 3.28. The normalized spacial score (nSPS) is 10.2. The van der Waals surface area contributed by atoms with Crippen LogP contribution in [0.15, 0.2) is 103 Å². The molecule has 0 unspecified atom stereocenters. The Morgan fingerprint density at radius 2 is 0.829 bits per heavy atom. The third-order valence-corrected chi connectivity index (χ3v) is 5.19. The molecule has 0 aliphatic rings. The van der Waals surface area contributed by atoms with E-state index < -0.39 is 0 Å². The Bertz CT molecular complexity index is 1320. The second kappa shape index (κ2) is 10.8. The van der Waals surface area contributed by atoms with Gasteiger partial charge in [0.25, 0.3) is 17.7 Å². The van der Waals surface area contributed by atoms with E-state index in [9.17, 15) is 14.4 Å². The van der Waals surface area contributed by atoms with E-state index >= 15 is 0 Å². The standard InChI is InChI=1S/C28H23N3O4/c1-35-25-17-15-24(16-18-25)31-28(34)21-9-13-23(14-10-21)30-27(33)20-7-11-22(12-8-20)29-26(32)19-5-3-2-4-6-19/h2-18H,1H3,(H,29,32)(H,30,33)(H,31,34). The van der Waals surface area contributed by atoms with Gasteiger partial charge in [-0.15, -0.1) is 0 Å². The molecule has 3 N–H and O–H groups in total. The molecule has 4 aromatic rings. The number of hydrogen-bond acceptors (Lipinski definition) is 4. The van der Waals surface area contributed by atoms with Crippen molar-refractivity contribution in [1.82, 2.24) is 0 Å². The highest BCUT2D eigenvalue weighted by molar-refractivity contribution is 6.07. The second-order valence-electron chi connectivity index (χ2n) is 7.61. The minimum absolute atomic E-state index is 0.223. The molecule has 0 spiro atoms. The summed E-state index contributed by atoms with van der Waals surface area (Å²) in [6, 6.07) is 29.1. The topological polar surface area (TPSA) is 96.5 Å². The number of hydrogen-bond donors (Lipinski definition) is 3. The molecule has 0 aromatic heterocycles. The molecule has 7 heteroatoms. The van der Waals surface area contributed by atoms with Gasteiger partial charge in [-0.25, -0.2) is 0 Å². The summed E-state index contributed by atoms with van der Waals surface area (Å²) < 4.78 is 5.11. The maximum absolute atomic E-state index is 12.6. The summed E-state index contributed by atoms with van der Waals surface area (Å²) >= 11 is 0. The predicted molar refractivity (Wildman–Crippen MR) is 136 cm³/mol. The van der Waals surface area contributed by atoms with Crippen LogP contribution >= 0.6 is 0 Å². The van der Waals surface area contributed by atoms with Crippen LogP contribution in [0.4, 0.5) is 17.1 Å². The molecule has 0 saturated heterocycles. The van der Waals surface area contributed by atoms with Crippen molar-refractivity contribution in [3.63, 3.8) is 0 Å². The van der Waals surface area contributed by atoms with Crippen molar-refractivity contribution >= 4 is 34.8 Å². The van der Waals surface area contributed by atoms with E-state index in [0.717, 1.165) is 0 Å². The van der Waals surface area contributed by atoms with Crippen molar-refractivity contribution in [1.29, 1.82) is 0 Å². The molecular weight excluding hydrogens is 442 g/mol. The summed E-state index contributed by atoms with van der Waals surface area (Å²) in [6.07, 6.45) is 0. The van der Waals surface area contributed by atoms with Crippen LogP contribution in [0.25, 0.3) is 0 Å². The predicted octanol–water partition coefficient (Wildman–Crippen LogP) is 5.45. The monoisotopic (exact) mass is 465 g/mol. The quantitative estimate of drug-likeness (QED) is 0.338. The van der Waals surface area contributed by atoms with Crippen LogP contribution in [-0.4, -0.2) is 24.8 Å². The van der Waals surface area contributed by atoms with Gasteiger partial charge in [0.15, 0.2) is 0 Å². The SMILES string of the molecule is COc1ccc(NC(=O)c2ccc(NC(=O)c3ccc(NC(=O)c4ccccc4)cc3)cc2)cc1. The highest BCUT2D eigenvalue weighted by atomic mass is 16.5. The molecule has 0 radical (unpaired) electrons. The van der Waals surface area contributed by atoms with Gasteiger partial charge in [-0.1, -0.05) is 18.2 Å². The second-order valence-corrected chi connectivity index (χ2v) is 7.61. The van der Waals surface area contributed by atoms with Gasteiger partial charge in [-0.3, -0.25) is 14.4 Å². The van der Waals surface area contributed by atoms with Crippen molar-refractivity contribution in [3.8, 4) is 5.75 Å². The largest absolute Gasteiger partial charge is 0.497 e. The Labute approximate surface area is 202 Å². The molecular formula is C28H23N3O4. The highest BCUT2D eigenvalue weighted by Crippen LogP contribution is 2.18. The van der Waals surface area contributed by atoms with E-state index in [-0.39, 0.29) is 17.7 Å². The molecule has 0 saturated carbocycles. The molecule has 4 rings (SSSR count). The van der Waals surface area contributed by atoms with Crippen molar-refractivity contribution in [2.75, 3.05) is 23.1 Å². The van der Waals surface area contributed by atoms with Crippen LogP contribution in [0.2, 0.25) is 0 Å². The molecule has 0 aliphatic carbocycles. The molecule has 4 aromatic carbocycles. The van der Waals surface area contributed by atoms with Gasteiger partial charge in [0.05, 0.1) is 7.11 Å². The zero-order chi connectivity index (χ0) is 24.6. The summed E-state index contributed by atoms with van der Waals surface area (Å²) in [4.78, 5) is 37.3. The first-order valence-corrected chi connectivity index (χ1v) is 10.8. The van der Waals surface area contributed by atoms with Crippen LogP contribution < -0.4 is 20.7 Å². The molecule has 0 fully saturated rings. The van der Waals surface area contributed by atoms with E-state index in [1.54, 1.807) is 104 Å². The Morgan fingerprint density at radius 1 is 0.486 bits per heavy atom. The lowest BCUT2D eigenvalue weighted by Crippen LogP contribution is -2.14. The van der Waals surface area contributed by atoms with E-state index in [1.165, 1.54) is 0 Å². The molecule has 3 amide bonds. The van der Waals surface area contributed by atoms with Gasteiger partial charge >= 0.3 is 0 Å². The summed E-state index contributed by atoms with van der Waals surface area (Å²) in [5.74, 6) is -0.0869. The van der Waals surface area contributed by atoms with Crippen LogP contribution in [0, 0.1) is 0 Å². The van der Waals surface area contributed by atoms with Gasteiger partial charge in [0, 0.05) is 33.8 Å². The molecule has 0 heterocycles. The summed E-state index contributed by atoms with van der Waals surface area (Å²) in [7, 11) is 1.58. The van der Waals surface area contributed by atoms with E-state index in [4.69, 9.17) is 4.74 Å². The Hall–Kier alpha value is -4.91. The van der Waals surface area contributed by atoms with Crippen LogP contribution in [0.3, 0.4) is 0 Å². The lowest BCUT2D eigenvalue weighted by atomic mass is 10.1. The number of rotatable bonds is 7. The lowest BCUT2D eigenvalue weighted by molar-refractivity contribution is 0.101. The molecule has 0 bridgehead atoms. The average molecular weight is 466 g/mol. The first-order valence-electron chi connectivity index (χ1n) is 10.8. The highest BCUT2D eigenvalue weighted by Gasteiger charge is 2.10. The molecule has 174 valence electrons. The zero-order valence-corrected chi connectivity index (χ0v) is 18.9. The lowest BCUT2D eigenvalue weighted by Gasteiger charge is -2.09. The minimum atomic E-state index is -0.304. The molecule has 0 aliphatic heterocycles. The van der Waals surface area contributed by atoms with Crippen molar-refractivity contribution in [3.05, 3.63) is 120 Å². The van der Waals surface area contributed by atoms with Gasteiger partial charge < -0.3 is 20.7 Å². The fraction of sp³-hybridized carbons (Fsp3) is 0.0357. The van der Waals surface area contributed by atoms with Crippen molar-refractivity contribution < 1.29 is 19.1 Å². The fourth-order valence-corrected chi connectivity index (χ4v) is 3.28. The number of ether oxygens (including phenoxy) is 1. The third kappa shape index (κ3) is 6.11. The molecule has 7 nitrogen and oxygen atoms in total. The van der Waals surface area contributed by atoms with Gasteiger partial charge in [-0.2, -0.15) is 0 Å². The minimum Gasteiger partial charge on any atom is -0.497 e. The maximum atomic E-state index is 12.6. The smallest absolute Gasteiger partial charge is 0.255 e. The average Bonchev–Trinajstić information content (AvgIpc) is 2.90. The Balaban J connectivity index is 1.33. The van der Waals surface area contributed by atoms with Crippen LogP contribution in [0.5, 0.6) is 5.75 Å². The Morgan fingerprint density at radius 3 is 1.20 bits per heavy atom. The van der Waals surface area contributed by atoms with E-state index in [1.807, 2.05) is 6.07 Å². The number of carbonyl (C=O) groups is 3. The number of carbonyl (C=O) groups excluding carboxylic acids is 3. The van der Waals surface area contributed by atoms with Gasteiger partial charge in [0.2, 0.25) is 0 Å². The van der Waals surface area contributed by atoms with E-state index in [0.29, 0.717) is 39.5 Å². The van der Waals surface area contributed by atoms with Gasteiger partial charge in [0.1, 0.15) is 5.75 Å². The maximum Gasteiger partial charge on any atom is 0.255 e. The number of amides is 3. The summed E-state index contributed by atoms with van der Waals surface area (Å²) in [6.45, 7) is 0. The summed E-state index contributed by atoms with van der Waals surface area (Å²) in [5.41, 5.74) is 3.23. The van der Waals surface area contributed by atoms with Crippen molar-refractivity contribution in [2.24, 2.45) is 0 Å². The van der Waals surface area contributed by atoms with Gasteiger partial charge in [-0.05, 0) is 84.9 Å². The number of nitrogens with one attached hydrogen (secondary N) is 3. The third-order valence-electron chi connectivity index (χ3n) is 5.19. The first kappa shape index (κ1) is 23.3. The number of benzene rings is 4. The Kier molecular flexibility index (Phi) is 7.18. The molecule has 35 heavy (non-hydrogen) atoms.